The number of carbonyl (C=O) groups excluding carboxylic acids is 1. The smallest absolute Gasteiger partial charge is 0.265 e. The average Bonchev–Trinajstić information content (AvgIpc) is 2.98. The molecule has 164 valence electrons. The van der Waals surface area contributed by atoms with Crippen molar-refractivity contribution in [2.75, 3.05) is 26.9 Å². The van der Waals surface area contributed by atoms with Gasteiger partial charge in [-0.05, 0) is 61.4 Å². The Balaban J connectivity index is 1.57. The molecule has 2 aromatic rings. The number of ether oxygens (including phenoxy) is 3. The standard InChI is InChI=1S/C23H24ClNO4S2/c1-4-27-20-13-16(14-21-22(26)25(3)23(30)31-21)6-9-19(20)29-11-5-10-28-17-7-8-18(24)15(2)12-17/h6-9,12-14H,4-5,10-11H2,1-3H3/b21-14-. The Labute approximate surface area is 197 Å². The van der Waals surface area contributed by atoms with Gasteiger partial charge < -0.3 is 14.2 Å². The van der Waals surface area contributed by atoms with Crippen molar-refractivity contribution in [1.29, 1.82) is 0 Å². The minimum Gasteiger partial charge on any atom is -0.493 e. The van der Waals surface area contributed by atoms with Gasteiger partial charge in [0, 0.05) is 18.5 Å². The summed E-state index contributed by atoms with van der Waals surface area (Å²) in [6.45, 7) is 5.39. The van der Waals surface area contributed by atoms with Gasteiger partial charge in [-0.3, -0.25) is 9.69 Å². The molecule has 1 saturated heterocycles. The van der Waals surface area contributed by atoms with Crippen LogP contribution < -0.4 is 14.2 Å². The lowest BCUT2D eigenvalue weighted by Gasteiger charge is -2.13. The van der Waals surface area contributed by atoms with Crippen molar-refractivity contribution in [2.24, 2.45) is 0 Å². The number of halogens is 1. The molecule has 1 heterocycles. The zero-order valence-corrected chi connectivity index (χ0v) is 20.0. The lowest BCUT2D eigenvalue weighted by Crippen LogP contribution is -2.22. The van der Waals surface area contributed by atoms with Crippen LogP contribution in [-0.2, 0) is 4.79 Å². The molecular weight excluding hydrogens is 454 g/mol. The molecule has 0 radical (unpaired) electrons. The third kappa shape index (κ3) is 6.15. The molecule has 1 fully saturated rings. The largest absolute Gasteiger partial charge is 0.493 e. The topological polar surface area (TPSA) is 48.0 Å². The molecule has 5 nitrogen and oxygen atoms in total. The van der Waals surface area contributed by atoms with Gasteiger partial charge in [0.25, 0.3) is 5.91 Å². The van der Waals surface area contributed by atoms with Gasteiger partial charge in [0.05, 0.1) is 24.7 Å². The Morgan fingerprint density at radius 1 is 1.10 bits per heavy atom. The Kier molecular flexibility index (Phi) is 8.23. The SMILES string of the molecule is CCOc1cc(/C=C2\SC(=S)N(C)C2=O)ccc1OCCCOc1ccc(Cl)c(C)c1. The predicted molar refractivity (Wildman–Crippen MR) is 130 cm³/mol. The molecule has 1 aliphatic rings. The van der Waals surface area contributed by atoms with Gasteiger partial charge in [-0.25, -0.2) is 0 Å². The van der Waals surface area contributed by atoms with Crippen LogP contribution in [0.3, 0.4) is 0 Å². The molecule has 2 aromatic carbocycles. The first kappa shape index (κ1) is 23.4. The zero-order chi connectivity index (χ0) is 22.4. The molecule has 0 unspecified atom stereocenters. The number of rotatable bonds is 9. The number of amides is 1. The Bertz CT molecular complexity index is 1010. The molecule has 31 heavy (non-hydrogen) atoms. The van der Waals surface area contributed by atoms with Gasteiger partial charge in [-0.15, -0.1) is 0 Å². The van der Waals surface area contributed by atoms with Crippen molar-refractivity contribution in [2.45, 2.75) is 20.3 Å². The highest BCUT2D eigenvalue weighted by Crippen LogP contribution is 2.34. The summed E-state index contributed by atoms with van der Waals surface area (Å²) in [5.41, 5.74) is 1.84. The molecule has 8 heteroatoms. The molecule has 0 saturated carbocycles. The highest BCUT2D eigenvalue weighted by molar-refractivity contribution is 8.26. The maximum atomic E-state index is 12.2. The van der Waals surface area contributed by atoms with Crippen molar-refractivity contribution < 1.29 is 19.0 Å². The number of likely N-dealkylation sites (N-methyl/N-ethyl adjacent to an activating group) is 1. The van der Waals surface area contributed by atoms with Crippen molar-refractivity contribution in [1.82, 2.24) is 4.90 Å². The fourth-order valence-electron chi connectivity index (χ4n) is 2.84. The van der Waals surface area contributed by atoms with E-state index in [1.165, 1.54) is 16.7 Å². The number of aryl methyl sites for hydroxylation is 1. The van der Waals surface area contributed by atoms with Gasteiger partial charge in [0.15, 0.2) is 11.5 Å². The summed E-state index contributed by atoms with van der Waals surface area (Å²) in [5, 5.41) is 0.726. The predicted octanol–water partition coefficient (Wildman–Crippen LogP) is 5.73. The number of thioether (sulfide) groups is 1. The van der Waals surface area contributed by atoms with Crippen molar-refractivity contribution in [3.05, 3.63) is 57.5 Å². The number of hydrogen-bond donors (Lipinski definition) is 0. The summed E-state index contributed by atoms with van der Waals surface area (Å²) in [5.74, 6) is 1.99. The minimum absolute atomic E-state index is 0.0934. The van der Waals surface area contributed by atoms with E-state index in [4.69, 9.17) is 38.0 Å². The van der Waals surface area contributed by atoms with Gasteiger partial charge in [-0.1, -0.05) is 41.6 Å². The Morgan fingerprint density at radius 3 is 2.55 bits per heavy atom. The van der Waals surface area contributed by atoms with E-state index in [9.17, 15) is 4.79 Å². The lowest BCUT2D eigenvalue weighted by atomic mass is 10.2. The highest BCUT2D eigenvalue weighted by Gasteiger charge is 2.28. The Hall–Kier alpha value is -2.22. The second-order valence-electron chi connectivity index (χ2n) is 6.84. The van der Waals surface area contributed by atoms with Gasteiger partial charge in [-0.2, -0.15) is 0 Å². The lowest BCUT2D eigenvalue weighted by molar-refractivity contribution is -0.121. The quantitative estimate of drug-likeness (QED) is 0.261. The van der Waals surface area contributed by atoms with Crippen LogP contribution in [-0.4, -0.2) is 42.0 Å². The molecule has 0 atom stereocenters. The third-order valence-electron chi connectivity index (χ3n) is 4.50. The fourth-order valence-corrected chi connectivity index (χ4v) is 4.13. The summed E-state index contributed by atoms with van der Waals surface area (Å²) in [4.78, 5) is 14.3. The summed E-state index contributed by atoms with van der Waals surface area (Å²) in [7, 11) is 1.68. The number of carbonyl (C=O) groups is 1. The second kappa shape index (κ2) is 10.9. The second-order valence-corrected chi connectivity index (χ2v) is 8.92. The summed E-state index contributed by atoms with van der Waals surface area (Å²) < 4.78 is 17.9. The van der Waals surface area contributed by atoms with E-state index in [1.807, 2.05) is 56.3 Å². The molecular formula is C23H24ClNO4S2. The van der Waals surface area contributed by atoms with Gasteiger partial charge >= 0.3 is 0 Å². The molecule has 0 bridgehead atoms. The van der Waals surface area contributed by atoms with Gasteiger partial charge in [0.1, 0.15) is 10.1 Å². The highest BCUT2D eigenvalue weighted by atomic mass is 35.5. The van der Waals surface area contributed by atoms with E-state index in [0.717, 1.165) is 21.9 Å². The molecule has 0 aromatic heterocycles. The Morgan fingerprint density at radius 2 is 1.87 bits per heavy atom. The monoisotopic (exact) mass is 477 g/mol. The van der Waals surface area contributed by atoms with Crippen LogP contribution >= 0.6 is 35.6 Å². The maximum absolute atomic E-state index is 12.2. The maximum Gasteiger partial charge on any atom is 0.265 e. The molecule has 1 aliphatic heterocycles. The van der Waals surface area contributed by atoms with E-state index in [-0.39, 0.29) is 5.91 Å². The summed E-state index contributed by atoms with van der Waals surface area (Å²) in [6.07, 6.45) is 2.53. The fraction of sp³-hybridized carbons (Fsp3) is 0.304. The third-order valence-corrected chi connectivity index (χ3v) is 6.41. The van der Waals surface area contributed by atoms with E-state index >= 15 is 0 Å². The van der Waals surface area contributed by atoms with Crippen LogP contribution in [0.1, 0.15) is 24.5 Å². The molecule has 3 rings (SSSR count). The first-order chi connectivity index (χ1) is 14.9. The molecule has 1 amide bonds. The van der Waals surface area contributed by atoms with Crippen molar-refractivity contribution in [3.63, 3.8) is 0 Å². The van der Waals surface area contributed by atoms with Crippen molar-refractivity contribution in [3.8, 4) is 17.2 Å². The normalized spacial score (nSPS) is 15.0. The number of hydrogen-bond acceptors (Lipinski definition) is 6. The minimum atomic E-state index is -0.0934. The molecule has 0 N–H and O–H groups in total. The zero-order valence-electron chi connectivity index (χ0n) is 17.6. The van der Waals surface area contributed by atoms with E-state index < -0.39 is 0 Å². The van der Waals surface area contributed by atoms with Crippen LogP contribution in [0.5, 0.6) is 17.2 Å². The van der Waals surface area contributed by atoms with E-state index in [1.54, 1.807) is 7.05 Å². The van der Waals surface area contributed by atoms with E-state index in [2.05, 4.69) is 0 Å². The molecule has 0 spiro atoms. The first-order valence-corrected chi connectivity index (χ1v) is 11.5. The number of nitrogens with zero attached hydrogens (tertiary/aromatic N) is 1. The number of thiocarbonyl (C=S) groups is 1. The van der Waals surface area contributed by atoms with E-state index in [0.29, 0.717) is 47.0 Å². The summed E-state index contributed by atoms with van der Waals surface area (Å²) >= 11 is 12.5. The first-order valence-electron chi connectivity index (χ1n) is 9.89. The van der Waals surface area contributed by atoms with Crippen LogP contribution in [0.2, 0.25) is 5.02 Å². The van der Waals surface area contributed by atoms with Crippen LogP contribution in [0.15, 0.2) is 41.3 Å². The average molecular weight is 478 g/mol. The van der Waals surface area contributed by atoms with Gasteiger partial charge in [0.2, 0.25) is 0 Å². The van der Waals surface area contributed by atoms with Crippen molar-refractivity contribution >= 4 is 51.9 Å². The van der Waals surface area contributed by atoms with Crippen LogP contribution in [0.25, 0.3) is 6.08 Å². The van der Waals surface area contributed by atoms with Crippen LogP contribution in [0, 0.1) is 6.92 Å². The summed E-state index contributed by atoms with van der Waals surface area (Å²) in [6, 6.07) is 11.2. The molecule has 0 aliphatic carbocycles. The number of benzene rings is 2. The van der Waals surface area contributed by atoms with Crippen LogP contribution in [0.4, 0.5) is 0 Å².